The lowest BCUT2D eigenvalue weighted by molar-refractivity contribution is 0.102. The summed E-state index contributed by atoms with van der Waals surface area (Å²) < 4.78 is 39.8. The van der Waals surface area contributed by atoms with Crippen LogP contribution in [0.4, 0.5) is 30.2 Å². The lowest BCUT2D eigenvalue weighted by Crippen LogP contribution is -2.13. The number of nitrogens with one attached hydrogen (secondary N) is 2. The molecule has 0 bridgehead atoms. The number of para-hydroxylation sites is 1. The summed E-state index contributed by atoms with van der Waals surface area (Å²) in [6, 6.07) is 10.6. The van der Waals surface area contributed by atoms with Crippen molar-refractivity contribution in [2.75, 3.05) is 10.6 Å². The highest BCUT2D eigenvalue weighted by molar-refractivity contribution is 6.04. The van der Waals surface area contributed by atoms with Gasteiger partial charge in [-0.1, -0.05) is 12.1 Å². The maximum atomic E-state index is 13.6. The van der Waals surface area contributed by atoms with Crippen LogP contribution in [-0.2, 0) is 0 Å². The van der Waals surface area contributed by atoms with Crippen LogP contribution in [0.1, 0.15) is 10.4 Å². The summed E-state index contributed by atoms with van der Waals surface area (Å²) in [7, 11) is 0. The molecule has 0 atom stereocenters. The molecule has 2 N–H and O–H groups in total. The van der Waals surface area contributed by atoms with Gasteiger partial charge in [0.2, 0.25) is 0 Å². The predicted molar refractivity (Wildman–Crippen MR) is 88.2 cm³/mol. The molecule has 0 saturated carbocycles. The molecule has 0 spiro atoms. The van der Waals surface area contributed by atoms with E-state index in [1.54, 1.807) is 6.07 Å². The maximum Gasteiger partial charge on any atom is 0.257 e. The Kier molecular flexibility index (Phi) is 4.65. The van der Waals surface area contributed by atoms with Crippen LogP contribution in [-0.4, -0.2) is 10.9 Å². The number of aromatic nitrogens is 1. The molecule has 0 aliphatic rings. The normalized spacial score (nSPS) is 10.4. The molecule has 2 aromatic carbocycles. The zero-order chi connectivity index (χ0) is 17.8. The molecule has 0 fully saturated rings. The molecule has 1 heterocycles. The van der Waals surface area contributed by atoms with Crippen LogP contribution in [0.3, 0.4) is 0 Å². The first-order valence-electron chi connectivity index (χ1n) is 7.26. The van der Waals surface area contributed by atoms with Gasteiger partial charge in [0.1, 0.15) is 5.82 Å². The molecular formula is C18H12F3N3O. The molecule has 0 unspecified atom stereocenters. The third kappa shape index (κ3) is 3.95. The van der Waals surface area contributed by atoms with Gasteiger partial charge in [0.15, 0.2) is 11.6 Å². The zero-order valence-electron chi connectivity index (χ0n) is 12.8. The second-order valence-electron chi connectivity index (χ2n) is 5.15. The number of halogens is 3. The number of anilines is 3. The van der Waals surface area contributed by atoms with E-state index >= 15 is 0 Å². The fraction of sp³-hybridized carbons (Fsp3) is 0. The van der Waals surface area contributed by atoms with Crippen molar-refractivity contribution in [3.63, 3.8) is 0 Å². The first-order valence-corrected chi connectivity index (χ1v) is 7.26. The van der Waals surface area contributed by atoms with Gasteiger partial charge in [-0.25, -0.2) is 13.2 Å². The van der Waals surface area contributed by atoms with Crippen molar-refractivity contribution in [2.24, 2.45) is 0 Å². The van der Waals surface area contributed by atoms with Crippen LogP contribution >= 0.6 is 0 Å². The van der Waals surface area contributed by atoms with Crippen LogP contribution in [0.2, 0.25) is 0 Å². The molecule has 25 heavy (non-hydrogen) atoms. The standard InChI is InChI=1S/C18H12F3N3O/c19-14-6-5-12(8-16(14)21)23-13-7-11(9-22-10-13)18(25)24-17-4-2-1-3-15(17)20/h1-10,23H,(H,24,25). The van der Waals surface area contributed by atoms with Gasteiger partial charge in [-0.2, -0.15) is 0 Å². The minimum atomic E-state index is -0.994. The number of rotatable bonds is 4. The monoisotopic (exact) mass is 343 g/mol. The van der Waals surface area contributed by atoms with Crippen molar-refractivity contribution in [3.8, 4) is 0 Å². The first-order chi connectivity index (χ1) is 12.0. The van der Waals surface area contributed by atoms with Gasteiger partial charge in [-0.05, 0) is 30.3 Å². The average molecular weight is 343 g/mol. The molecule has 126 valence electrons. The number of amides is 1. The quantitative estimate of drug-likeness (QED) is 0.734. The average Bonchev–Trinajstić information content (AvgIpc) is 2.60. The minimum absolute atomic E-state index is 0.0477. The minimum Gasteiger partial charge on any atom is -0.354 e. The van der Waals surface area contributed by atoms with Gasteiger partial charge in [-0.3, -0.25) is 9.78 Å². The summed E-state index contributed by atoms with van der Waals surface area (Å²) in [5, 5.41) is 5.26. The van der Waals surface area contributed by atoms with E-state index in [0.29, 0.717) is 11.4 Å². The summed E-state index contributed by atoms with van der Waals surface area (Å²) in [5.41, 5.74) is 0.918. The molecule has 4 nitrogen and oxygen atoms in total. The number of pyridine rings is 1. The fourth-order valence-corrected chi connectivity index (χ4v) is 2.13. The van der Waals surface area contributed by atoms with Crippen molar-refractivity contribution < 1.29 is 18.0 Å². The molecule has 3 aromatic rings. The number of carbonyl (C=O) groups is 1. The number of nitrogens with zero attached hydrogens (tertiary/aromatic N) is 1. The number of carbonyl (C=O) groups excluding carboxylic acids is 1. The fourth-order valence-electron chi connectivity index (χ4n) is 2.13. The van der Waals surface area contributed by atoms with E-state index in [1.165, 1.54) is 42.7 Å². The third-order valence-electron chi connectivity index (χ3n) is 3.33. The lowest BCUT2D eigenvalue weighted by atomic mass is 10.2. The summed E-state index contributed by atoms with van der Waals surface area (Å²) in [5.74, 6) is -3.06. The Bertz CT molecular complexity index is 931. The van der Waals surface area contributed by atoms with E-state index < -0.39 is 23.4 Å². The van der Waals surface area contributed by atoms with Crippen molar-refractivity contribution in [1.29, 1.82) is 0 Å². The summed E-state index contributed by atoms with van der Waals surface area (Å²) in [4.78, 5) is 16.1. The van der Waals surface area contributed by atoms with Crippen molar-refractivity contribution in [1.82, 2.24) is 4.98 Å². The highest BCUT2D eigenvalue weighted by Gasteiger charge is 2.10. The molecule has 3 rings (SSSR count). The van der Waals surface area contributed by atoms with Crippen LogP contribution in [0, 0.1) is 17.5 Å². The van der Waals surface area contributed by atoms with Crippen molar-refractivity contribution in [3.05, 3.63) is 83.9 Å². The number of benzene rings is 2. The summed E-state index contributed by atoms with van der Waals surface area (Å²) in [6.07, 6.45) is 2.73. The molecule has 0 saturated heterocycles. The van der Waals surface area contributed by atoms with E-state index in [1.807, 2.05) is 0 Å². The van der Waals surface area contributed by atoms with E-state index in [-0.39, 0.29) is 11.3 Å². The molecule has 0 radical (unpaired) electrons. The second kappa shape index (κ2) is 7.04. The third-order valence-corrected chi connectivity index (χ3v) is 3.33. The Labute approximate surface area is 141 Å². The van der Waals surface area contributed by atoms with Gasteiger partial charge in [-0.15, -0.1) is 0 Å². The molecular weight excluding hydrogens is 331 g/mol. The first kappa shape index (κ1) is 16.5. The highest BCUT2D eigenvalue weighted by atomic mass is 19.2. The van der Waals surface area contributed by atoms with Gasteiger partial charge in [0, 0.05) is 18.0 Å². The predicted octanol–water partition coefficient (Wildman–Crippen LogP) is 4.49. The van der Waals surface area contributed by atoms with Crippen molar-refractivity contribution in [2.45, 2.75) is 0 Å². The van der Waals surface area contributed by atoms with Gasteiger partial charge >= 0.3 is 0 Å². The van der Waals surface area contributed by atoms with E-state index in [9.17, 15) is 18.0 Å². The van der Waals surface area contributed by atoms with Gasteiger partial charge < -0.3 is 10.6 Å². The van der Waals surface area contributed by atoms with Crippen LogP contribution in [0.5, 0.6) is 0 Å². The Hall–Kier alpha value is -3.35. The number of hydrogen-bond donors (Lipinski definition) is 2. The Morgan fingerprint density at radius 1 is 0.840 bits per heavy atom. The van der Waals surface area contributed by atoms with Crippen molar-refractivity contribution >= 4 is 23.0 Å². The largest absolute Gasteiger partial charge is 0.354 e. The van der Waals surface area contributed by atoms with Crippen LogP contribution < -0.4 is 10.6 Å². The maximum absolute atomic E-state index is 13.6. The van der Waals surface area contributed by atoms with E-state index in [0.717, 1.165) is 12.1 Å². The molecule has 1 aromatic heterocycles. The SMILES string of the molecule is O=C(Nc1ccccc1F)c1cncc(Nc2ccc(F)c(F)c2)c1. The zero-order valence-corrected chi connectivity index (χ0v) is 12.8. The Morgan fingerprint density at radius 3 is 2.40 bits per heavy atom. The van der Waals surface area contributed by atoms with Gasteiger partial charge in [0.05, 0.1) is 23.1 Å². The highest BCUT2D eigenvalue weighted by Crippen LogP contribution is 2.20. The lowest BCUT2D eigenvalue weighted by Gasteiger charge is -2.09. The Morgan fingerprint density at radius 2 is 1.64 bits per heavy atom. The van der Waals surface area contributed by atoms with E-state index in [4.69, 9.17) is 0 Å². The molecule has 0 aliphatic heterocycles. The Balaban J connectivity index is 1.77. The summed E-state index contributed by atoms with van der Waals surface area (Å²) in [6.45, 7) is 0. The topological polar surface area (TPSA) is 54.0 Å². The smallest absolute Gasteiger partial charge is 0.257 e. The van der Waals surface area contributed by atoms with Crippen LogP contribution in [0.25, 0.3) is 0 Å². The van der Waals surface area contributed by atoms with E-state index in [2.05, 4.69) is 15.6 Å². The molecule has 0 aliphatic carbocycles. The molecule has 7 heteroatoms. The molecule has 1 amide bonds. The van der Waals surface area contributed by atoms with Gasteiger partial charge in [0.25, 0.3) is 5.91 Å². The second-order valence-corrected chi connectivity index (χ2v) is 5.15. The number of hydrogen-bond acceptors (Lipinski definition) is 3. The van der Waals surface area contributed by atoms with Crippen LogP contribution in [0.15, 0.2) is 60.9 Å². The summed E-state index contributed by atoms with van der Waals surface area (Å²) >= 11 is 0.